The molecule has 0 saturated heterocycles. The second-order valence-corrected chi connectivity index (χ2v) is 6.37. The molecule has 3 aromatic carbocycles. The fourth-order valence-electron chi connectivity index (χ4n) is 3.01. The van der Waals surface area contributed by atoms with Crippen molar-refractivity contribution < 1.29 is 0 Å². The van der Waals surface area contributed by atoms with Gasteiger partial charge in [-0.1, -0.05) is 91.0 Å². The lowest BCUT2D eigenvalue weighted by atomic mass is 9.71. The third-order valence-corrected chi connectivity index (χ3v) is 4.75. The van der Waals surface area contributed by atoms with Gasteiger partial charge in [0.15, 0.2) is 0 Å². The van der Waals surface area contributed by atoms with E-state index in [0.29, 0.717) is 0 Å². The first-order valence-electron chi connectivity index (χ1n) is 8.14. The lowest BCUT2D eigenvalue weighted by Crippen LogP contribution is -2.25. The Morgan fingerprint density at radius 2 is 1.23 bits per heavy atom. The molecule has 130 valence electrons. The number of hydrogen-bond donors (Lipinski definition) is 2. The number of halogens is 1. The van der Waals surface area contributed by atoms with Gasteiger partial charge in [0.05, 0.1) is 0 Å². The van der Waals surface area contributed by atoms with Crippen molar-refractivity contribution in [3.63, 3.8) is 0 Å². The van der Waals surface area contributed by atoms with Gasteiger partial charge in [0.1, 0.15) is 11.1 Å². The third-order valence-electron chi connectivity index (χ3n) is 4.50. The molecule has 3 aromatic rings. The Bertz CT molecular complexity index is 881. The van der Waals surface area contributed by atoms with E-state index in [1.807, 2.05) is 29.2 Å². The predicted molar refractivity (Wildman–Crippen MR) is 108 cm³/mol. The average Bonchev–Trinajstić information content (AvgIpc) is 2.69. The van der Waals surface area contributed by atoms with E-state index in [0.717, 1.165) is 10.6 Å². The highest BCUT2D eigenvalue weighted by molar-refractivity contribution is 6.30. The zero-order chi connectivity index (χ0) is 19.0. The zero-order valence-corrected chi connectivity index (χ0v) is 15.4. The minimum atomic E-state index is -0.231. The monoisotopic (exact) mass is 362 g/mol. The van der Waals surface area contributed by atoms with Gasteiger partial charge in [-0.2, -0.15) is 0 Å². The lowest BCUT2D eigenvalue weighted by Gasteiger charge is -2.32. The maximum absolute atomic E-state index is 6.08. The molecule has 0 saturated carbocycles. The summed E-state index contributed by atoms with van der Waals surface area (Å²) in [6.45, 7) is 6.09. The van der Waals surface area contributed by atoms with Crippen LogP contribution >= 0.6 is 11.6 Å². The van der Waals surface area contributed by atoms with Crippen LogP contribution in [0.3, 0.4) is 0 Å². The van der Waals surface area contributed by atoms with E-state index in [-0.39, 0.29) is 5.41 Å². The van der Waals surface area contributed by atoms with Crippen LogP contribution in [0.25, 0.3) is 6.08 Å². The van der Waals surface area contributed by atoms with Gasteiger partial charge in [0, 0.05) is 10.4 Å². The number of nitrogens with zero attached hydrogens (tertiary/aromatic N) is 1. The van der Waals surface area contributed by atoms with E-state index in [1.54, 1.807) is 0 Å². The Morgan fingerprint density at radius 3 is 1.69 bits per heavy atom. The predicted octanol–water partition coefficient (Wildman–Crippen LogP) is 6.45. The molecule has 0 amide bonds. The third kappa shape index (κ3) is 4.15. The second-order valence-electron chi connectivity index (χ2n) is 5.94. The summed E-state index contributed by atoms with van der Waals surface area (Å²) in [6.07, 6.45) is 1.87. The molecule has 1 unspecified atom stereocenters. The average molecular weight is 363 g/mol. The van der Waals surface area contributed by atoms with Crippen LogP contribution in [0, 0.1) is 11.1 Å². The largest absolute Gasteiger partial charge is 0.211 e. The van der Waals surface area contributed by atoms with Gasteiger partial charge >= 0.3 is 0 Å². The first kappa shape index (κ1) is 19.3. The number of hydrogen-bond acceptors (Lipinski definition) is 2. The van der Waals surface area contributed by atoms with Gasteiger partial charge < -0.3 is 0 Å². The molecule has 1 atom stereocenters. The van der Waals surface area contributed by atoms with E-state index in [1.165, 1.54) is 16.7 Å². The number of benzene rings is 3. The van der Waals surface area contributed by atoms with Crippen LogP contribution in [0.2, 0.25) is 5.02 Å². The van der Waals surface area contributed by atoms with Crippen LogP contribution in [0.5, 0.6) is 0 Å². The summed E-state index contributed by atoms with van der Waals surface area (Å²) in [5.74, 6) is 0. The van der Waals surface area contributed by atoms with E-state index in [9.17, 15) is 0 Å². The molecule has 0 heterocycles. The Kier molecular flexibility index (Phi) is 6.62. The molecule has 3 nitrogen and oxygen atoms in total. The van der Waals surface area contributed by atoms with E-state index in [4.69, 9.17) is 22.7 Å². The first-order valence-corrected chi connectivity index (χ1v) is 8.51. The summed E-state index contributed by atoms with van der Waals surface area (Å²) in [5.41, 5.74) is 15.6. The summed E-state index contributed by atoms with van der Waals surface area (Å²) in [7, 11) is 0. The molecule has 0 aliphatic heterocycles. The molecule has 0 bridgehead atoms. The molecule has 0 aromatic heterocycles. The fourth-order valence-corrected chi connectivity index (χ4v) is 3.13. The van der Waals surface area contributed by atoms with Gasteiger partial charge in [0.2, 0.25) is 4.91 Å². The zero-order valence-electron chi connectivity index (χ0n) is 14.6. The molecule has 0 spiro atoms. The van der Waals surface area contributed by atoms with E-state index < -0.39 is 0 Å². The topological polar surface area (TPSA) is 61.8 Å². The van der Waals surface area contributed by atoms with Crippen LogP contribution < -0.4 is 4.91 Å². The van der Waals surface area contributed by atoms with Crippen LogP contribution in [0.1, 0.15) is 29.2 Å². The van der Waals surface area contributed by atoms with E-state index >= 15 is 0 Å². The van der Waals surface area contributed by atoms with Crippen LogP contribution in [0.15, 0.2) is 85.4 Å². The summed E-state index contributed by atoms with van der Waals surface area (Å²) in [5, 5.41) is 0.756. The molecule has 2 N–H and O–H groups in total. The molecule has 26 heavy (non-hydrogen) atoms. The molecule has 0 fully saturated rings. The van der Waals surface area contributed by atoms with Crippen molar-refractivity contribution in [2.24, 2.45) is 0 Å². The number of nitrogens with one attached hydrogen (secondary N) is 2. The van der Waals surface area contributed by atoms with Crippen molar-refractivity contribution in [1.29, 1.82) is 11.1 Å². The van der Waals surface area contributed by atoms with Gasteiger partial charge in [-0.05, 0) is 41.3 Å². The Balaban J connectivity index is 0.000000758. The van der Waals surface area contributed by atoms with Crippen molar-refractivity contribution in [3.05, 3.63) is 113 Å². The molecule has 0 aliphatic rings. The van der Waals surface area contributed by atoms with Crippen LogP contribution in [-0.2, 0) is 5.41 Å². The minimum Gasteiger partial charge on any atom is -0.0985 e. The highest BCUT2D eigenvalue weighted by Gasteiger charge is 2.30. The highest BCUT2D eigenvalue weighted by atomic mass is 35.5. The van der Waals surface area contributed by atoms with Gasteiger partial charge in [-0.25, -0.2) is 0 Å². The molecule has 0 radical (unpaired) electrons. The summed E-state index contributed by atoms with van der Waals surface area (Å²) in [6, 6.07) is 27.3. The maximum atomic E-state index is 6.08. The molecular weight excluding hydrogens is 342 g/mol. The fraction of sp³-hybridized carbons (Fsp3) is 0.0909. The first-order chi connectivity index (χ1) is 12.6. The lowest BCUT2D eigenvalue weighted by molar-refractivity contribution is 0.692. The standard InChI is InChI=1S/C22H19Cl.H2N3/c1-3-17-9-11-19(12-10-17)22(2,18-7-5-4-6-8-18)20-13-15-21(23)16-14-20;1-3-2/h3-16H,1H2,2H3;1-2H/q;+1. The highest BCUT2D eigenvalue weighted by Crippen LogP contribution is 2.39. The van der Waals surface area contributed by atoms with E-state index in [2.05, 4.69) is 74.2 Å². The van der Waals surface area contributed by atoms with Gasteiger partial charge in [0.25, 0.3) is 0 Å². The quantitative estimate of drug-likeness (QED) is 0.304. The molecule has 4 heteroatoms. The van der Waals surface area contributed by atoms with Crippen LogP contribution in [-0.4, -0.2) is 0 Å². The minimum absolute atomic E-state index is 0.231. The smallest absolute Gasteiger partial charge is 0.0985 e. The second kappa shape index (κ2) is 8.91. The maximum Gasteiger partial charge on any atom is 0.211 e. The SMILES string of the molecule is C=Cc1ccc(C(C)(c2ccccc2)c2ccc(Cl)cc2)cc1.N=[N+]=N. The summed E-state index contributed by atoms with van der Waals surface area (Å²) >= 11 is 6.08. The van der Waals surface area contributed by atoms with Crippen molar-refractivity contribution in [3.8, 4) is 0 Å². The van der Waals surface area contributed by atoms with Crippen molar-refractivity contribution in [2.75, 3.05) is 0 Å². The van der Waals surface area contributed by atoms with Crippen molar-refractivity contribution in [1.82, 2.24) is 4.91 Å². The summed E-state index contributed by atoms with van der Waals surface area (Å²) < 4.78 is 0. The Labute approximate surface area is 159 Å². The van der Waals surface area contributed by atoms with Crippen molar-refractivity contribution >= 4 is 17.7 Å². The summed E-state index contributed by atoms with van der Waals surface area (Å²) in [4.78, 5) is 2.00. The van der Waals surface area contributed by atoms with Gasteiger partial charge in [-0.3, -0.25) is 0 Å². The molecule has 3 rings (SSSR count). The van der Waals surface area contributed by atoms with Crippen molar-refractivity contribution in [2.45, 2.75) is 12.3 Å². The molecular formula is C22H21ClN3+. The Hall–Kier alpha value is -3.00. The normalized spacial score (nSPS) is 12.1. The van der Waals surface area contributed by atoms with Gasteiger partial charge in [-0.15, -0.1) is 0 Å². The number of rotatable bonds is 4. The molecule has 0 aliphatic carbocycles. The van der Waals surface area contributed by atoms with Crippen LogP contribution in [0.4, 0.5) is 0 Å². The Morgan fingerprint density at radius 1 is 0.808 bits per heavy atom.